The first kappa shape index (κ1) is 16.3. The number of aliphatic hydroxyl groups is 1. The lowest BCUT2D eigenvalue weighted by Crippen LogP contribution is -2.50. The van der Waals surface area contributed by atoms with Gasteiger partial charge in [-0.2, -0.15) is 0 Å². The Morgan fingerprint density at radius 1 is 1.15 bits per heavy atom. The van der Waals surface area contributed by atoms with Crippen LogP contribution in [0.3, 0.4) is 0 Å². The van der Waals surface area contributed by atoms with Crippen LogP contribution in [0.25, 0.3) is 0 Å². The fourth-order valence-electron chi connectivity index (χ4n) is 3.98. The van der Waals surface area contributed by atoms with Gasteiger partial charge >= 0.3 is 0 Å². The van der Waals surface area contributed by atoms with Gasteiger partial charge in [0.1, 0.15) is 0 Å². The van der Waals surface area contributed by atoms with Crippen LogP contribution in [-0.2, 0) is 0 Å². The molecule has 3 atom stereocenters. The first-order valence-electron chi connectivity index (χ1n) is 8.85. The minimum Gasteiger partial charge on any atom is -0.393 e. The highest BCUT2D eigenvalue weighted by Gasteiger charge is 2.28. The number of likely N-dealkylation sites (tertiary alicyclic amines) is 1. The molecule has 2 fully saturated rings. The minimum atomic E-state index is -0.104. The van der Waals surface area contributed by atoms with Crippen molar-refractivity contribution < 1.29 is 5.11 Å². The molecule has 0 aromatic heterocycles. The maximum Gasteiger partial charge on any atom is 0.0540 e. The largest absolute Gasteiger partial charge is 0.393 e. The molecule has 3 heteroatoms. The topological polar surface area (TPSA) is 35.5 Å². The van der Waals surface area contributed by atoms with Gasteiger partial charge in [-0.15, -0.1) is 0 Å². The molecule has 118 valence electrons. The second-order valence-electron chi connectivity index (χ2n) is 7.01. The van der Waals surface area contributed by atoms with Crippen LogP contribution in [-0.4, -0.2) is 48.3 Å². The van der Waals surface area contributed by atoms with Crippen LogP contribution < -0.4 is 5.32 Å². The van der Waals surface area contributed by atoms with Crippen LogP contribution in [0, 0.1) is 11.8 Å². The van der Waals surface area contributed by atoms with Crippen molar-refractivity contribution in [2.45, 2.75) is 70.9 Å². The summed E-state index contributed by atoms with van der Waals surface area (Å²) in [6, 6.07) is 0.637. The molecule has 1 saturated heterocycles. The van der Waals surface area contributed by atoms with E-state index in [-0.39, 0.29) is 6.10 Å². The highest BCUT2D eigenvalue weighted by molar-refractivity contribution is 4.85. The van der Waals surface area contributed by atoms with Gasteiger partial charge in [0.15, 0.2) is 0 Å². The number of nitrogens with one attached hydrogen (secondary N) is 1. The van der Waals surface area contributed by atoms with E-state index in [1.807, 2.05) is 0 Å². The van der Waals surface area contributed by atoms with Crippen molar-refractivity contribution >= 4 is 0 Å². The molecule has 1 aliphatic carbocycles. The van der Waals surface area contributed by atoms with Crippen LogP contribution in [0.4, 0.5) is 0 Å². The van der Waals surface area contributed by atoms with E-state index in [0.29, 0.717) is 12.0 Å². The zero-order chi connectivity index (χ0) is 14.4. The smallest absolute Gasteiger partial charge is 0.0540 e. The van der Waals surface area contributed by atoms with Crippen LogP contribution >= 0.6 is 0 Å². The molecule has 2 aliphatic rings. The molecule has 3 nitrogen and oxygen atoms in total. The standard InChI is InChI=1S/C17H34N2O/c1-3-17(20)10-15-9-16(13-19(4-2)12-15)18-11-14-7-5-6-8-14/h14-18,20H,3-13H2,1-2H3. The van der Waals surface area contributed by atoms with Gasteiger partial charge in [0, 0.05) is 19.1 Å². The molecule has 0 aromatic rings. The van der Waals surface area contributed by atoms with Gasteiger partial charge in [-0.25, -0.2) is 0 Å². The summed E-state index contributed by atoms with van der Waals surface area (Å²) in [4.78, 5) is 2.56. The second-order valence-corrected chi connectivity index (χ2v) is 7.01. The third-order valence-electron chi connectivity index (χ3n) is 5.31. The number of aliphatic hydroxyl groups excluding tert-OH is 1. The third kappa shape index (κ3) is 5.01. The van der Waals surface area contributed by atoms with Crippen molar-refractivity contribution in [3.05, 3.63) is 0 Å². The van der Waals surface area contributed by atoms with Crippen LogP contribution in [0.2, 0.25) is 0 Å². The molecule has 1 heterocycles. The highest BCUT2D eigenvalue weighted by atomic mass is 16.3. The molecule has 0 radical (unpaired) electrons. The Morgan fingerprint density at radius 3 is 2.55 bits per heavy atom. The quantitative estimate of drug-likeness (QED) is 0.753. The third-order valence-corrected chi connectivity index (χ3v) is 5.31. The Kier molecular flexibility index (Phi) is 6.79. The molecule has 0 bridgehead atoms. The number of nitrogens with zero attached hydrogens (tertiary/aromatic N) is 1. The van der Waals surface area contributed by atoms with Gasteiger partial charge in [0.2, 0.25) is 0 Å². The van der Waals surface area contributed by atoms with Gasteiger partial charge < -0.3 is 15.3 Å². The summed E-state index contributed by atoms with van der Waals surface area (Å²) >= 11 is 0. The molecule has 1 aliphatic heterocycles. The Morgan fingerprint density at radius 2 is 1.90 bits per heavy atom. The summed E-state index contributed by atoms with van der Waals surface area (Å²) in [6.45, 7) is 9.07. The Labute approximate surface area is 125 Å². The number of rotatable bonds is 7. The predicted molar refractivity (Wildman–Crippen MR) is 84.9 cm³/mol. The van der Waals surface area contributed by atoms with E-state index in [4.69, 9.17) is 0 Å². The maximum atomic E-state index is 9.92. The SMILES string of the molecule is CCC(O)CC1CC(NCC2CCCC2)CN(CC)C1. The first-order valence-corrected chi connectivity index (χ1v) is 8.85. The van der Waals surface area contributed by atoms with Crippen molar-refractivity contribution in [1.29, 1.82) is 0 Å². The van der Waals surface area contributed by atoms with E-state index in [1.165, 1.54) is 51.7 Å². The zero-order valence-electron chi connectivity index (χ0n) is 13.5. The minimum absolute atomic E-state index is 0.104. The fraction of sp³-hybridized carbons (Fsp3) is 1.00. The molecule has 20 heavy (non-hydrogen) atoms. The van der Waals surface area contributed by atoms with Crippen LogP contribution in [0.5, 0.6) is 0 Å². The molecule has 1 saturated carbocycles. The molecule has 0 spiro atoms. The monoisotopic (exact) mass is 282 g/mol. The lowest BCUT2D eigenvalue weighted by Gasteiger charge is -2.38. The van der Waals surface area contributed by atoms with Crippen LogP contribution in [0.15, 0.2) is 0 Å². The van der Waals surface area contributed by atoms with Gasteiger partial charge in [0.25, 0.3) is 0 Å². The van der Waals surface area contributed by atoms with Crippen molar-refractivity contribution in [2.24, 2.45) is 11.8 Å². The average Bonchev–Trinajstić information content (AvgIpc) is 2.98. The zero-order valence-corrected chi connectivity index (χ0v) is 13.5. The molecule has 2 N–H and O–H groups in total. The maximum absolute atomic E-state index is 9.92. The summed E-state index contributed by atoms with van der Waals surface area (Å²) in [5, 5.41) is 13.7. The molecule has 0 amide bonds. The molecule has 0 aromatic carbocycles. The number of likely N-dealkylation sites (N-methyl/N-ethyl adjacent to an activating group) is 1. The Balaban J connectivity index is 1.77. The van der Waals surface area contributed by atoms with Crippen molar-refractivity contribution in [1.82, 2.24) is 10.2 Å². The highest BCUT2D eigenvalue weighted by Crippen LogP contribution is 2.26. The van der Waals surface area contributed by atoms with Gasteiger partial charge in [0.05, 0.1) is 6.10 Å². The van der Waals surface area contributed by atoms with E-state index >= 15 is 0 Å². The van der Waals surface area contributed by atoms with Gasteiger partial charge in [-0.3, -0.25) is 0 Å². The Bertz CT molecular complexity index is 264. The normalized spacial score (nSPS) is 30.8. The number of hydrogen-bond donors (Lipinski definition) is 2. The van der Waals surface area contributed by atoms with Crippen LogP contribution in [0.1, 0.15) is 58.8 Å². The summed E-state index contributed by atoms with van der Waals surface area (Å²) in [5.74, 6) is 1.59. The van der Waals surface area contributed by atoms with Gasteiger partial charge in [-0.1, -0.05) is 26.7 Å². The van der Waals surface area contributed by atoms with E-state index < -0.39 is 0 Å². The van der Waals surface area contributed by atoms with Gasteiger partial charge in [-0.05, 0) is 57.0 Å². The van der Waals surface area contributed by atoms with E-state index in [0.717, 1.165) is 25.3 Å². The predicted octanol–water partition coefficient (Wildman–Crippen LogP) is 2.64. The second kappa shape index (κ2) is 8.35. The number of piperidine rings is 1. The molecule has 2 rings (SSSR count). The fourth-order valence-corrected chi connectivity index (χ4v) is 3.98. The lowest BCUT2D eigenvalue weighted by atomic mass is 9.88. The Hall–Kier alpha value is -0.120. The first-order chi connectivity index (χ1) is 9.71. The summed E-state index contributed by atoms with van der Waals surface area (Å²) in [5.41, 5.74) is 0. The number of hydrogen-bond acceptors (Lipinski definition) is 3. The van der Waals surface area contributed by atoms with Crippen molar-refractivity contribution in [2.75, 3.05) is 26.2 Å². The molecular weight excluding hydrogens is 248 g/mol. The van der Waals surface area contributed by atoms with Crippen molar-refractivity contribution in [3.8, 4) is 0 Å². The summed E-state index contributed by atoms with van der Waals surface area (Å²) < 4.78 is 0. The van der Waals surface area contributed by atoms with Crippen molar-refractivity contribution in [3.63, 3.8) is 0 Å². The summed E-state index contributed by atoms with van der Waals surface area (Å²) in [7, 11) is 0. The van der Waals surface area contributed by atoms with E-state index in [1.54, 1.807) is 0 Å². The lowest BCUT2D eigenvalue weighted by molar-refractivity contribution is 0.0854. The average molecular weight is 282 g/mol. The summed E-state index contributed by atoms with van der Waals surface area (Å²) in [6.07, 6.45) is 8.74. The molecular formula is C17H34N2O. The van der Waals surface area contributed by atoms with E-state index in [9.17, 15) is 5.11 Å². The molecule has 3 unspecified atom stereocenters. The van der Waals surface area contributed by atoms with E-state index in [2.05, 4.69) is 24.1 Å².